The minimum atomic E-state index is -3.60. The van der Waals surface area contributed by atoms with Gasteiger partial charge >= 0.3 is 12.1 Å². The molecule has 3 heterocycles. The van der Waals surface area contributed by atoms with Gasteiger partial charge in [-0.25, -0.2) is 13.2 Å². The molecular formula is C33H49N3O7S. The van der Waals surface area contributed by atoms with Crippen molar-refractivity contribution < 1.29 is 32.6 Å². The topological polar surface area (TPSA) is 117 Å². The molecule has 0 aliphatic carbocycles. The van der Waals surface area contributed by atoms with E-state index in [1.165, 1.54) is 0 Å². The summed E-state index contributed by atoms with van der Waals surface area (Å²) in [6.45, 7) is 9.62. The van der Waals surface area contributed by atoms with Crippen molar-refractivity contribution >= 4 is 28.2 Å². The summed E-state index contributed by atoms with van der Waals surface area (Å²) in [6.07, 6.45) is 6.81. The maximum atomic E-state index is 13.3. The molecule has 3 aliphatic rings. The lowest BCUT2D eigenvalue weighted by Gasteiger charge is -2.33. The first kappa shape index (κ1) is 34.1. The smallest absolute Gasteiger partial charge is 0.410 e. The molecule has 0 bridgehead atoms. The zero-order valence-electron chi connectivity index (χ0n) is 26.6. The van der Waals surface area contributed by atoms with E-state index in [0.29, 0.717) is 44.6 Å². The van der Waals surface area contributed by atoms with E-state index in [9.17, 15) is 23.1 Å². The SMILES string of the molecule is C/C(=C\c1cccc(S(=O)(=O)N2CCCCC2)c1)[C@H]1OC(=O)C[C@H](O)CC[C@H](C)[C@H](OC(=O)N2CCN(C)CC2)/C=C/[C@@H]1C. The van der Waals surface area contributed by atoms with Crippen molar-refractivity contribution in [1.82, 2.24) is 14.1 Å². The predicted octanol–water partition coefficient (Wildman–Crippen LogP) is 4.30. The summed E-state index contributed by atoms with van der Waals surface area (Å²) in [5.74, 6) is -0.855. The van der Waals surface area contributed by atoms with Crippen molar-refractivity contribution in [2.24, 2.45) is 11.8 Å². The number of carbonyl (C=O) groups excluding carboxylic acids is 2. The number of aliphatic hydroxyl groups excluding tert-OH is 1. The van der Waals surface area contributed by atoms with E-state index in [1.807, 2.05) is 52.1 Å². The molecule has 2 fully saturated rings. The normalized spacial score (nSPS) is 29.7. The van der Waals surface area contributed by atoms with Crippen molar-refractivity contribution in [2.75, 3.05) is 46.3 Å². The lowest BCUT2D eigenvalue weighted by atomic mass is 9.91. The number of rotatable bonds is 5. The number of hydrogen-bond donors (Lipinski definition) is 1. The summed E-state index contributed by atoms with van der Waals surface area (Å²) in [6, 6.07) is 6.83. The van der Waals surface area contributed by atoms with Crippen molar-refractivity contribution in [3.8, 4) is 0 Å². The van der Waals surface area contributed by atoms with Gasteiger partial charge in [0.05, 0.1) is 17.4 Å². The van der Waals surface area contributed by atoms with E-state index in [0.717, 1.165) is 37.9 Å². The number of esters is 1. The monoisotopic (exact) mass is 631 g/mol. The molecule has 1 aromatic carbocycles. The highest BCUT2D eigenvalue weighted by Crippen LogP contribution is 2.27. The number of ether oxygens (including phenoxy) is 2. The lowest BCUT2D eigenvalue weighted by Crippen LogP contribution is -2.48. The van der Waals surface area contributed by atoms with Crippen molar-refractivity contribution in [2.45, 2.75) is 82.5 Å². The minimum absolute atomic E-state index is 0.0698. The largest absolute Gasteiger partial charge is 0.457 e. The number of aliphatic hydroxyl groups is 1. The van der Waals surface area contributed by atoms with Gasteiger partial charge in [0, 0.05) is 45.2 Å². The molecule has 10 nitrogen and oxygen atoms in total. The van der Waals surface area contributed by atoms with Crippen LogP contribution in [0.1, 0.15) is 64.9 Å². The number of carbonyl (C=O) groups is 2. The Labute approximate surface area is 262 Å². The van der Waals surface area contributed by atoms with Gasteiger partial charge in [-0.3, -0.25) is 4.79 Å². The molecule has 5 atom stereocenters. The molecule has 0 spiro atoms. The van der Waals surface area contributed by atoms with Gasteiger partial charge in [0.1, 0.15) is 12.2 Å². The number of hydrogen-bond acceptors (Lipinski definition) is 8. The molecule has 1 aromatic rings. The maximum Gasteiger partial charge on any atom is 0.410 e. The fourth-order valence-electron chi connectivity index (χ4n) is 5.99. The highest BCUT2D eigenvalue weighted by molar-refractivity contribution is 7.89. The third kappa shape index (κ3) is 9.15. The first-order valence-electron chi connectivity index (χ1n) is 15.9. The number of piperazine rings is 1. The average molecular weight is 632 g/mol. The average Bonchev–Trinajstić information content (AvgIpc) is 3.00. The predicted molar refractivity (Wildman–Crippen MR) is 169 cm³/mol. The molecular weight excluding hydrogens is 582 g/mol. The summed E-state index contributed by atoms with van der Waals surface area (Å²) in [5.41, 5.74) is 1.42. The summed E-state index contributed by atoms with van der Waals surface area (Å²) in [5, 5.41) is 10.6. The number of sulfonamides is 1. The molecule has 0 unspecified atom stereocenters. The van der Waals surface area contributed by atoms with Crippen LogP contribution in [0.3, 0.4) is 0 Å². The van der Waals surface area contributed by atoms with Crippen LogP contribution in [0.15, 0.2) is 46.9 Å². The van der Waals surface area contributed by atoms with Gasteiger partial charge in [-0.2, -0.15) is 4.31 Å². The van der Waals surface area contributed by atoms with Gasteiger partial charge < -0.3 is 24.4 Å². The summed E-state index contributed by atoms with van der Waals surface area (Å²) in [4.78, 5) is 30.1. The highest BCUT2D eigenvalue weighted by Gasteiger charge is 2.30. The van der Waals surface area contributed by atoms with Gasteiger partial charge in [-0.15, -0.1) is 0 Å². The Balaban J connectivity index is 1.56. The fourth-order valence-corrected chi connectivity index (χ4v) is 7.57. The van der Waals surface area contributed by atoms with Crippen LogP contribution < -0.4 is 0 Å². The van der Waals surface area contributed by atoms with E-state index in [1.54, 1.807) is 27.4 Å². The van der Waals surface area contributed by atoms with E-state index < -0.39 is 34.3 Å². The van der Waals surface area contributed by atoms with Crippen molar-refractivity contribution in [3.05, 3.63) is 47.6 Å². The lowest BCUT2D eigenvalue weighted by molar-refractivity contribution is -0.151. The summed E-state index contributed by atoms with van der Waals surface area (Å²) < 4.78 is 40.0. The Morgan fingerprint density at radius 1 is 1.02 bits per heavy atom. The molecule has 0 aromatic heterocycles. The van der Waals surface area contributed by atoms with E-state index in [4.69, 9.17) is 9.47 Å². The molecule has 1 N–H and O–H groups in total. The number of nitrogens with zero attached hydrogens (tertiary/aromatic N) is 3. The number of amides is 1. The standard InChI is InChI=1S/C33H49N3O7S/c1-24-11-13-28(37)23-31(38)43-32(25(2)12-14-30(24)42-33(39)35-19-17-34(4)18-20-35)26(3)21-27-9-8-10-29(22-27)44(40,41)36-15-6-5-7-16-36/h8-10,12,14,21-22,24-25,28,30,32,37H,5-7,11,13,15-20,23H2,1-4H3/b14-12+,26-21+/t24-,25-,28+,30+,32-/m0/s1. The van der Waals surface area contributed by atoms with Crippen LogP contribution in [0.4, 0.5) is 4.79 Å². The summed E-state index contributed by atoms with van der Waals surface area (Å²) in [7, 11) is -1.57. The zero-order chi connectivity index (χ0) is 31.9. The van der Waals surface area contributed by atoms with Crippen LogP contribution in [-0.2, 0) is 24.3 Å². The van der Waals surface area contributed by atoms with Gasteiger partial charge in [-0.1, -0.05) is 44.6 Å². The van der Waals surface area contributed by atoms with Crippen LogP contribution in [0.25, 0.3) is 6.08 Å². The minimum Gasteiger partial charge on any atom is -0.457 e. The van der Waals surface area contributed by atoms with E-state index >= 15 is 0 Å². The molecule has 2 saturated heterocycles. The van der Waals surface area contributed by atoms with Crippen molar-refractivity contribution in [3.63, 3.8) is 0 Å². The number of likely N-dealkylation sites (N-methyl/N-ethyl adjacent to an activating group) is 1. The molecule has 3 aliphatic heterocycles. The van der Waals surface area contributed by atoms with Gasteiger partial charge in [0.2, 0.25) is 10.0 Å². The first-order chi connectivity index (χ1) is 20.9. The van der Waals surface area contributed by atoms with Crippen LogP contribution >= 0.6 is 0 Å². The molecule has 4 rings (SSSR count). The fraction of sp³-hybridized carbons (Fsp3) is 0.636. The van der Waals surface area contributed by atoms with Crippen LogP contribution in [0.5, 0.6) is 0 Å². The van der Waals surface area contributed by atoms with Crippen LogP contribution in [0, 0.1) is 11.8 Å². The Morgan fingerprint density at radius 2 is 1.73 bits per heavy atom. The number of benzene rings is 1. The third-order valence-electron chi connectivity index (χ3n) is 8.91. The second kappa shape index (κ2) is 15.5. The third-order valence-corrected chi connectivity index (χ3v) is 10.8. The molecule has 1 amide bonds. The van der Waals surface area contributed by atoms with Crippen molar-refractivity contribution in [1.29, 1.82) is 0 Å². The van der Waals surface area contributed by atoms with Gasteiger partial charge in [0.15, 0.2) is 0 Å². The van der Waals surface area contributed by atoms with E-state index in [-0.39, 0.29) is 29.2 Å². The molecule has 0 radical (unpaired) electrons. The molecule has 11 heteroatoms. The second-order valence-corrected chi connectivity index (χ2v) is 14.6. The van der Waals surface area contributed by atoms with Gasteiger partial charge in [0.25, 0.3) is 0 Å². The molecule has 44 heavy (non-hydrogen) atoms. The van der Waals surface area contributed by atoms with Gasteiger partial charge in [-0.05, 0) is 74.9 Å². The van der Waals surface area contributed by atoms with Crippen LogP contribution in [-0.4, -0.2) is 104 Å². The Kier molecular flexibility index (Phi) is 12.0. The molecule has 0 saturated carbocycles. The quantitative estimate of drug-likeness (QED) is 0.378. The Hall–Kier alpha value is -2.73. The Morgan fingerprint density at radius 3 is 2.43 bits per heavy atom. The maximum absolute atomic E-state index is 13.3. The summed E-state index contributed by atoms with van der Waals surface area (Å²) >= 11 is 0. The van der Waals surface area contributed by atoms with Crippen LogP contribution in [0.2, 0.25) is 0 Å². The second-order valence-electron chi connectivity index (χ2n) is 12.6. The first-order valence-corrected chi connectivity index (χ1v) is 17.4. The number of piperidine rings is 1. The number of cyclic esters (lactones) is 1. The Bertz CT molecular complexity index is 1300. The molecule has 244 valence electrons. The van der Waals surface area contributed by atoms with E-state index in [2.05, 4.69) is 4.90 Å². The zero-order valence-corrected chi connectivity index (χ0v) is 27.4. The highest BCUT2D eigenvalue weighted by atomic mass is 32.2.